The normalized spacial score (nSPS) is 11.8. The zero-order valence-corrected chi connectivity index (χ0v) is 16.5. The molecule has 1 aromatic carbocycles. The molecule has 1 unspecified atom stereocenters. The van der Waals surface area contributed by atoms with Gasteiger partial charge in [-0.05, 0) is 36.1 Å². The van der Waals surface area contributed by atoms with E-state index in [1.807, 2.05) is 0 Å². The zero-order valence-electron chi connectivity index (χ0n) is 15.7. The minimum atomic E-state index is -0.544. The molecule has 0 aliphatic rings. The fraction of sp³-hybridized carbons (Fsp3) is 0.263. The molecule has 3 aromatic rings. The van der Waals surface area contributed by atoms with Gasteiger partial charge in [0.1, 0.15) is 16.4 Å². The molecular formula is C19H20N4O4S. The van der Waals surface area contributed by atoms with Crippen molar-refractivity contribution in [3.63, 3.8) is 0 Å². The molecule has 8 nitrogen and oxygen atoms in total. The molecule has 9 heteroatoms. The van der Waals surface area contributed by atoms with E-state index in [4.69, 9.17) is 4.74 Å². The average Bonchev–Trinajstić information content (AvgIpc) is 3.13. The first-order valence-electron chi connectivity index (χ1n) is 8.57. The second kappa shape index (κ2) is 8.22. The van der Waals surface area contributed by atoms with Gasteiger partial charge < -0.3 is 10.1 Å². The Morgan fingerprint density at radius 3 is 2.61 bits per heavy atom. The minimum absolute atomic E-state index is 0.0422. The van der Waals surface area contributed by atoms with Crippen LogP contribution in [0, 0.1) is 6.92 Å². The quantitative estimate of drug-likeness (QED) is 0.660. The predicted molar refractivity (Wildman–Crippen MR) is 107 cm³/mol. The van der Waals surface area contributed by atoms with Gasteiger partial charge in [-0.1, -0.05) is 12.1 Å². The highest BCUT2D eigenvalue weighted by molar-refractivity contribution is 7.16. The van der Waals surface area contributed by atoms with Gasteiger partial charge in [0.05, 0.1) is 25.0 Å². The van der Waals surface area contributed by atoms with E-state index in [1.54, 1.807) is 49.7 Å². The second-order valence-corrected chi connectivity index (χ2v) is 7.10. The summed E-state index contributed by atoms with van der Waals surface area (Å²) in [5.41, 5.74) is 3.00. The SMILES string of the molecule is COc1ccc(C(CC(=O)Nn2c(C)nc3sccc3c2=O)NC(C)=O)cc1. The Morgan fingerprint density at radius 1 is 1.25 bits per heavy atom. The van der Waals surface area contributed by atoms with Crippen LogP contribution in [0.4, 0.5) is 0 Å². The number of aryl methyl sites for hydroxylation is 1. The van der Waals surface area contributed by atoms with E-state index in [2.05, 4.69) is 15.7 Å². The van der Waals surface area contributed by atoms with Crippen LogP contribution in [0.2, 0.25) is 0 Å². The summed E-state index contributed by atoms with van der Waals surface area (Å²) >= 11 is 1.37. The van der Waals surface area contributed by atoms with Gasteiger partial charge >= 0.3 is 0 Å². The smallest absolute Gasteiger partial charge is 0.281 e. The Morgan fingerprint density at radius 2 is 1.96 bits per heavy atom. The first kappa shape index (κ1) is 19.6. The lowest BCUT2D eigenvalue weighted by atomic mass is 10.0. The van der Waals surface area contributed by atoms with Crippen molar-refractivity contribution >= 4 is 33.4 Å². The minimum Gasteiger partial charge on any atom is -0.497 e. The van der Waals surface area contributed by atoms with Gasteiger partial charge in [0.25, 0.3) is 5.56 Å². The van der Waals surface area contributed by atoms with Crippen LogP contribution in [0.15, 0.2) is 40.5 Å². The summed E-state index contributed by atoms with van der Waals surface area (Å²) in [7, 11) is 1.56. The van der Waals surface area contributed by atoms with Crippen molar-refractivity contribution in [2.24, 2.45) is 0 Å². The fourth-order valence-electron chi connectivity index (χ4n) is 2.84. The zero-order chi connectivity index (χ0) is 20.3. The van der Waals surface area contributed by atoms with Crippen molar-refractivity contribution < 1.29 is 14.3 Å². The summed E-state index contributed by atoms with van der Waals surface area (Å²) in [5.74, 6) is 0.375. The highest BCUT2D eigenvalue weighted by Crippen LogP contribution is 2.21. The number of amides is 2. The number of hydrogen-bond donors (Lipinski definition) is 2. The monoisotopic (exact) mass is 400 g/mol. The van der Waals surface area contributed by atoms with Gasteiger partial charge in [-0.25, -0.2) is 9.66 Å². The molecule has 2 heterocycles. The summed E-state index contributed by atoms with van der Waals surface area (Å²) in [4.78, 5) is 41.7. The number of ether oxygens (including phenoxy) is 1. The number of benzene rings is 1. The molecule has 0 aliphatic carbocycles. The van der Waals surface area contributed by atoms with E-state index in [0.29, 0.717) is 21.8 Å². The average molecular weight is 400 g/mol. The molecule has 1 atom stereocenters. The first-order valence-corrected chi connectivity index (χ1v) is 9.44. The summed E-state index contributed by atoms with van der Waals surface area (Å²) < 4.78 is 6.27. The third-order valence-corrected chi connectivity index (χ3v) is 4.99. The maximum Gasteiger partial charge on any atom is 0.281 e. The van der Waals surface area contributed by atoms with Crippen LogP contribution < -0.4 is 21.0 Å². The third kappa shape index (κ3) is 4.20. The molecular weight excluding hydrogens is 380 g/mol. The van der Waals surface area contributed by atoms with Gasteiger partial charge in [0.2, 0.25) is 11.8 Å². The Hall–Kier alpha value is -3.20. The molecule has 2 amide bonds. The Bertz CT molecular complexity index is 1070. The largest absolute Gasteiger partial charge is 0.497 e. The molecule has 0 radical (unpaired) electrons. The van der Waals surface area contributed by atoms with Crippen LogP contribution in [-0.2, 0) is 9.59 Å². The number of nitrogens with zero attached hydrogens (tertiary/aromatic N) is 2. The van der Waals surface area contributed by atoms with Crippen molar-refractivity contribution in [1.29, 1.82) is 0 Å². The van der Waals surface area contributed by atoms with Gasteiger partial charge in [0, 0.05) is 6.92 Å². The van der Waals surface area contributed by atoms with Crippen LogP contribution in [0.5, 0.6) is 5.75 Å². The summed E-state index contributed by atoms with van der Waals surface area (Å²) in [6, 6.07) is 8.20. The van der Waals surface area contributed by atoms with Crippen molar-refractivity contribution in [2.75, 3.05) is 12.5 Å². The molecule has 146 valence electrons. The highest BCUT2D eigenvalue weighted by atomic mass is 32.1. The van der Waals surface area contributed by atoms with E-state index in [0.717, 1.165) is 10.2 Å². The maximum absolute atomic E-state index is 12.6. The lowest BCUT2D eigenvalue weighted by Gasteiger charge is -2.19. The Kier molecular flexibility index (Phi) is 5.74. The van der Waals surface area contributed by atoms with Crippen molar-refractivity contribution in [3.05, 3.63) is 57.5 Å². The number of thiophene rings is 1. The molecule has 2 aromatic heterocycles. The number of aromatic nitrogens is 2. The van der Waals surface area contributed by atoms with Crippen LogP contribution in [-0.4, -0.2) is 28.6 Å². The number of hydrogen-bond acceptors (Lipinski definition) is 6. The van der Waals surface area contributed by atoms with Gasteiger partial charge in [-0.15, -0.1) is 11.3 Å². The van der Waals surface area contributed by atoms with Crippen LogP contribution in [0.3, 0.4) is 0 Å². The fourth-order valence-corrected chi connectivity index (χ4v) is 3.64. The number of methoxy groups -OCH3 is 1. The van der Waals surface area contributed by atoms with Crippen LogP contribution in [0.1, 0.15) is 30.8 Å². The first-order chi connectivity index (χ1) is 13.4. The van der Waals surface area contributed by atoms with E-state index in [-0.39, 0.29) is 17.9 Å². The lowest BCUT2D eigenvalue weighted by molar-refractivity contribution is -0.120. The molecule has 0 bridgehead atoms. The van der Waals surface area contributed by atoms with E-state index < -0.39 is 11.9 Å². The van der Waals surface area contributed by atoms with E-state index in [9.17, 15) is 14.4 Å². The molecule has 0 fully saturated rings. The van der Waals surface area contributed by atoms with Crippen LogP contribution in [0.25, 0.3) is 10.2 Å². The Balaban J connectivity index is 1.82. The van der Waals surface area contributed by atoms with E-state index >= 15 is 0 Å². The molecule has 0 spiro atoms. The molecule has 0 saturated carbocycles. The topological polar surface area (TPSA) is 102 Å². The van der Waals surface area contributed by atoms with Gasteiger partial charge in [-0.2, -0.15) is 0 Å². The summed E-state index contributed by atoms with van der Waals surface area (Å²) in [6.07, 6.45) is -0.0422. The number of nitrogens with one attached hydrogen (secondary N) is 2. The lowest BCUT2D eigenvalue weighted by Crippen LogP contribution is -2.37. The number of carbonyl (C=O) groups excluding carboxylic acids is 2. The Labute approximate surface area is 165 Å². The van der Waals surface area contributed by atoms with Crippen molar-refractivity contribution in [1.82, 2.24) is 15.0 Å². The van der Waals surface area contributed by atoms with Crippen molar-refractivity contribution in [3.8, 4) is 5.75 Å². The third-order valence-electron chi connectivity index (χ3n) is 4.19. The molecule has 0 saturated heterocycles. The van der Waals surface area contributed by atoms with Gasteiger partial charge in [0.15, 0.2) is 0 Å². The molecule has 3 rings (SSSR count). The molecule has 2 N–H and O–H groups in total. The number of rotatable bonds is 6. The summed E-state index contributed by atoms with van der Waals surface area (Å²) in [6.45, 7) is 3.03. The number of fused-ring (bicyclic) bond motifs is 1. The van der Waals surface area contributed by atoms with Crippen LogP contribution >= 0.6 is 11.3 Å². The van der Waals surface area contributed by atoms with E-state index in [1.165, 1.54) is 18.3 Å². The van der Waals surface area contributed by atoms with Gasteiger partial charge in [-0.3, -0.25) is 19.8 Å². The predicted octanol–water partition coefficient (Wildman–Crippen LogP) is 2.11. The molecule has 28 heavy (non-hydrogen) atoms. The summed E-state index contributed by atoms with van der Waals surface area (Å²) in [5, 5.41) is 4.99. The van der Waals surface area contributed by atoms with Crippen molar-refractivity contribution in [2.45, 2.75) is 26.3 Å². The highest BCUT2D eigenvalue weighted by Gasteiger charge is 2.19. The second-order valence-electron chi connectivity index (χ2n) is 6.20. The molecule has 0 aliphatic heterocycles. The number of carbonyl (C=O) groups is 2. The standard InChI is InChI=1S/C19H20N4O4S/c1-11-20-18-15(8-9-28-18)19(26)23(11)22-17(25)10-16(21-12(2)24)13-4-6-14(27-3)7-5-13/h4-9,16H,10H2,1-3H3,(H,21,24)(H,22,25). The maximum atomic E-state index is 12.6.